The third-order valence-corrected chi connectivity index (χ3v) is 7.05. The van der Waals surface area contributed by atoms with Crippen LogP contribution >= 0.6 is 0 Å². The van der Waals surface area contributed by atoms with Crippen LogP contribution in [0, 0.1) is 0 Å². The lowest BCUT2D eigenvalue weighted by Gasteiger charge is -2.35. The molecule has 2 aliphatic rings. The number of carbonyl (C=O) groups is 4. The zero-order valence-electron chi connectivity index (χ0n) is 21.6. The van der Waals surface area contributed by atoms with E-state index in [1.54, 1.807) is 46.7 Å². The number of rotatable bonds is 6. The van der Waals surface area contributed by atoms with E-state index in [1.807, 2.05) is 36.4 Å². The van der Waals surface area contributed by atoms with Gasteiger partial charge in [0.1, 0.15) is 0 Å². The Morgan fingerprint density at radius 1 is 0.946 bits per heavy atom. The fraction of sp³-hybridized carbons (Fsp3) is 0.379. The summed E-state index contributed by atoms with van der Waals surface area (Å²) in [5, 5.41) is 0. The summed E-state index contributed by atoms with van der Waals surface area (Å²) >= 11 is 0. The number of allylic oxidation sites excluding steroid dienone is 1. The highest BCUT2D eigenvalue weighted by Crippen LogP contribution is 2.37. The van der Waals surface area contributed by atoms with Gasteiger partial charge in [0.15, 0.2) is 0 Å². The molecular weight excluding hydrogens is 470 g/mol. The summed E-state index contributed by atoms with van der Waals surface area (Å²) in [7, 11) is 0. The van der Waals surface area contributed by atoms with Gasteiger partial charge in [0.2, 0.25) is 11.8 Å². The molecule has 0 spiro atoms. The predicted molar refractivity (Wildman–Crippen MR) is 138 cm³/mol. The van der Waals surface area contributed by atoms with Crippen LogP contribution in [0.15, 0.2) is 65.9 Å². The smallest absolute Gasteiger partial charge is 0.336 e. The standard InChI is InChI=1S/C29H33N3O5/c1-4-37-29(36)27-20(2)32(26(34)18-25(27)23-10-6-5-7-11-23)19-22-9-8-12-24(17-22)28(35)31-15-13-30(14-16-31)21(3)33/h5-12,17,25H,4,13-16,18-19H2,1-3H3. The van der Waals surface area contributed by atoms with Gasteiger partial charge < -0.3 is 19.4 Å². The lowest BCUT2D eigenvalue weighted by Crippen LogP contribution is -2.50. The quantitative estimate of drug-likeness (QED) is 0.565. The Balaban J connectivity index is 1.57. The third-order valence-electron chi connectivity index (χ3n) is 7.05. The van der Waals surface area contributed by atoms with Gasteiger partial charge in [-0.1, -0.05) is 42.5 Å². The molecular formula is C29H33N3O5. The Morgan fingerprint density at radius 3 is 2.27 bits per heavy atom. The lowest BCUT2D eigenvalue weighted by molar-refractivity contribution is -0.140. The molecule has 2 aromatic carbocycles. The van der Waals surface area contributed by atoms with Gasteiger partial charge in [-0.2, -0.15) is 0 Å². The summed E-state index contributed by atoms with van der Waals surface area (Å²) in [6.45, 7) is 7.58. The van der Waals surface area contributed by atoms with Crippen molar-refractivity contribution < 1.29 is 23.9 Å². The topological polar surface area (TPSA) is 87.2 Å². The fourth-order valence-electron chi connectivity index (χ4n) is 5.04. The minimum absolute atomic E-state index is 0.0143. The van der Waals surface area contributed by atoms with E-state index in [9.17, 15) is 19.2 Å². The lowest BCUT2D eigenvalue weighted by atomic mass is 9.83. The summed E-state index contributed by atoms with van der Waals surface area (Å²) in [5.41, 5.74) is 3.29. The number of benzene rings is 2. The molecule has 2 heterocycles. The molecule has 1 unspecified atom stereocenters. The van der Waals surface area contributed by atoms with Gasteiger partial charge in [0.25, 0.3) is 5.91 Å². The molecule has 194 valence electrons. The van der Waals surface area contributed by atoms with Crippen LogP contribution in [-0.4, -0.2) is 71.2 Å². The Morgan fingerprint density at radius 2 is 1.62 bits per heavy atom. The van der Waals surface area contributed by atoms with Gasteiger partial charge in [-0.05, 0) is 37.1 Å². The second-order valence-electron chi connectivity index (χ2n) is 9.37. The van der Waals surface area contributed by atoms with Crippen molar-refractivity contribution in [2.75, 3.05) is 32.8 Å². The third kappa shape index (κ3) is 5.74. The molecule has 0 saturated carbocycles. The molecule has 4 rings (SSSR count). The number of carbonyl (C=O) groups excluding carboxylic acids is 4. The van der Waals surface area contributed by atoms with Crippen molar-refractivity contribution in [3.63, 3.8) is 0 Å². The van der Waals surface area contributed by atoms with Gasteiger partial charge in [-0.15, -0.1) is 0 Å². The van der Waals surface area contributed by atoms with Crippen molar-refractivity contribution in [2.24, 2.45) is 0 Å². The molecule has 0 N–H and O–H groups in total. The van der Waals surface area contributed by atoms with E-state index in [0.29, 0.717) is 43.0 Å². The van der Waals surface area contributed by atoms with E-state index in [0.717, 1.165) is 11.1 Å². The van der Waals surface area contributed by atoms with Crippen LogP contribution in [0.5, 0.6) is 0 Å². The van der Waals surface area contributed by atoms with E-state index < -0.39 is 5.97 Å². The first-order valence-corrected chi connectivity index (χ1v) is 12.7. The van der Waals surface area contributed by atoms with Gasteiger partial charge in [0.05, 0.1) is 18.7 Å². The van der Waals surface area contributed by atoms with E-state index >= 15 is 0 Å². The highest BCUT2D eigenvalue weighted by molar-refractivity contribution is 5.96. The van der Waals surface area contributed by atoms with Crippen LogP contribution in [0.1, 0.15) is 54.6 Å². The average molecular weight is 504 g/mol. The monoisotopic (exact) mass is 503 g/mol. The van der Waals surface area contributed by atoms with Gasteiger partial charge in [-0.3, -0.25) is 14.4 Å². The maximum absolute atomic E-state index is 13.3. The average Bonchev–Trinajstić information content (AvgIpc) is 2.91. The van der Waals surface area contributed by atoms with E-state index in [4.69, 9.17) is 4.74 Å². The van der Waals surface area contributed by atoms with E-state index in [1.165, 1.54) is 6.92 Å². The maximum Gasteiger partial charge on any atom is 0.336 e. The second kappa shape index (κ2) is 11.4. The van der Waals surface area contributed by atoms with Crippen molar-refractivity contribution in [1.29, 1.82) is 0 Å². The van der Waals surface area contributed by atoms with E-state index in [-0.39, 0.29) is 43.2 Å². The largest absolute Gasteiger partial charge is 0.463 e. The molecule has 0 aromatic heterocycles. The first-order valence-electron chi connectivity index (χ1n) is 12.7. The molecule has 8 heteroatoms. The zero-order chi connectivity index (χ0) is 26.5. The minimum atomic E-state index is -0.417. The zero-order valence-corrected chi connectivity index (χ0v) is 21.6. The number of hydrogen-bond donors (Lipinski definition) is 0. The summed E-state index contributed by atoms with van der Waals surface area (Å²) in [5.74, 6) is -0.957. The Kier molecular flexibility index (Phi) is 8.06. The molecule has 8 nitrogen and oxygen atoms in total. The fourth-order valence-corrected chi connectivity index (χ4v) is 5.04. The summed E-state index contributed by atoms with van der Waals surface area (Å²) in [6, 6.07) is 16.8. The number of hydrogen-bond acceptors (Lipinski definition) is 5. The number of amides is 3. The van der Waals surface area contributed by atoms with Crippen LogP contribution < -0.4 is 0 Å². The molecule has 1 saturated heterocycles. The number of piperazine rings is 1. The Hall–Kier alpha value is -3.94. The van der Waals surface area contributed by atoms with Crippen LogP contribution in [-0.2, 0) is 25.7 Å². The van der Waals surface area contributed by atoms with Crippen molar-refractivity contribution in [3.05, 3.63) is 82.6 Å². The first kappa shape index (κ1) is 26.1. The molecule has 1 fully saturated rings. The molecule has 1 atom stereocenters. The molecule has 2 aliphatic heterocycles. The van der Waals surface area contributed by atoms with Crippen LogP contribution in [0.2, 0.25) is 0 Å². The van der Waals surface area contributed by atoms with Crippen LogP contribution in [0.4, 0.5) is 0 Å². The number of esters is 1. The molecule has 3 amide bonds. The number of ether oxygens (including phenoxy) is 1. The summed E-state index contributed by atoms with van der Waals surface area (Å²) < 4.78 is 5.37. The highest BCUT2D eigenvalue weighted by Gasteiger charge is 2.37. The van der Waals surface area contributed by atoms with Gasteiger partial charge in [0, 0.05) is 56.7 Å². The van der Waals surface area contributed by atoms with E-state index in [2.05, 4.69) is 0 Å². The molecule has 0 aliphatic carbocycles. The normalized spacial score (nSPS) is 18.2. The van der Waals surface area contributed by atoms with Crippen molar-refractivity contribution >= 4 is 23.7 Å². The van der Waals surface area contributed by atoms with Crippen LogP contribution in [0.25, 0.3) is 0 Å². The Labute approximate surface area is 217 Å². The molecule has 0 bridgehead atoms. The molecule has 2 aromatic rings. The van der Waals surface area contributed by atoms with Crippen LogP contribution in [0.3, 0.4) is 0 Å². The summed E-state index contributed by atoms with van der Waals surface area (Å²) in [6.07, 6.45) is 0.161. The molecule has 0 radical (unpaired) electrons. The minimum Gasteiger partial charge on any atom is -0.463 e. The predicted octanol–water partition coefficient (Wildman–Crippen LogP) is 3.34. The van der Waals surface area contributed by atoms with Crippen molar-refractivity contribution in [1.82, 2.24) is 14.7 Å². The molecule has 37 heavy (non-hydrogen) atoms. The SMILES string of the molecule is CCOC(=O)C1=C(C)N(Cc2cccc(C(=O)N3CCN(C(C)=O)CC3)c2)C(=O)CC1c1ccccc1. The number of nitrogens with zero attached hydrogens (tertiary/aromatic N) is 3. The van der Waals surface area contributed by atoms with Crippen molar-refractivity contribution in [2.45, 2.75) is 39.7 Å². The highest BCUT2D eigenvalue weighted by atomic mass is 16.5. The maximum atomic E-state index is 13.3. The second-order valence-corrected chi connectivity index (χ2v) is 9.37. The van der Waals surface area contributed by atoms with Crippen molar-refractivity contribution in [3.8, 4) is 0 Å². The van der Waals surface area contributed by atoms with Gasteiger partial charge in [-0.25, -0.2) is 4.79 Å². The van der Waals surface area contributed by atoms with Gasteiger partial charge >= 0.3 is 5.97 Å². The Bertz CT molecular complexity index is 1220. The summed E-state index contributed by atoms with van der Waals surface area (Å²) in [4.78, 5) is 56.1. The first-order chi connectivity index (χ1) is 17.8.